The second kappa shape index (κ2) is 21.0. The zero-order valence-electron chi connectivity index (χ0n) is 32.2. The van der Waals surface area contributed by atoms with E-state index in [1.54, 1.807) is 60.6 Å². The van der Waals surface area contributed by atoms with Gasteiger partial charge in [0.05, 0.1) is 0 Å². The van der Waals surface area contributed by atoms with E-state index in [1.807, 2.05) is 36.6 Å². The summed E-state index contributed by atoms with van der Waals surface area (Å²) in [6.45, 7) is 14.6. The van der Waals surface area contributed by atoms with Gasteiger partial charge in [0, 0.05) is 13.0 Å². The molecule has 0 bridgehead atoms. The Labute approximate surface area is 309 Å². The first-order valence-electron chi connectivity index (χ1n) is 18.1. The molecule has 0 heterocycles. The topological polar surface area (TPSA) is 134 Å². The molecular formula is C40H61N3O7S. The number of benzene rings is 2. The van der Waals surface area contributed by atoms with Crippen molar-refractivity contribution in [1.29, 1.82) is 0 Å². The summed E-state index contributed by atoms with van der Waals surface area (Å²) in [5, 5.41) is 16.1. The number of carbonyl (C=O) groups excluding carboxylic acids is 4. The molecule has 2 rings (SSSR count). The Hall–Kier alpha value is -3.73. The number of thioether (sulfide) groups is 1. The van der Waals surface area contributed by atoms with Crippen LogP contribution in [-0.4, -0.2) is 75.7 Å². The fraction of sp³-hybridized carbons (Fsp3) is 0.600. The summed E-state index contributed by atoms with van der Waals surface area (Å²) in [6, 6.07) is 10.9. The molecule has 0 aliphatic heterocycles. The van der Waals surface area contributed by atoms with Crippen molar-refractivity contribution in [3.63, 3.8) is 0 Å². The van der Waals surface area contributed by atoms with E-state index in [2.05, 4.69) is 17.6 Å². The summed E-state index contributed by atoms with van der Waals surface area (Å²) in [6.07, 6.45) is 7.40. The first kappa shape index (κ1) is 43.4. The van der Waals surface area contributed by atoms with E-state index >= 15 is 0 Å². The third-order valence-corrected chi connectivity index (χ3v) is 8.67. The normalized spacial score (nSPS) is 13.4. The van der Waals surface area contributed by atoms with Crippen molar-refractivity contribution in [2.75, 3.05) is 18.6 Å². The molecule has 0 aromatic heterocycles. The highest BCUT2D eigenvalue weighted by atomic mass is 32.2. The minimum atomic E-state index is -1.19. The summed E-state index contributed by atoms with van der Waals surface area (Å²) in [7, 11) is 0. The summed E-state index contributed by atoms with van der Waals surface area (Å²) in [4.78, 5) is 57.5. The molecule has 3 atom stereocenters. The Morgan fingerprint density at radius 3 is 2.06 bits per heavy atom. The second-order valence-electron chi connectivity index (χ2n) is 15.0. The molecular weight excluding hydrogens is 667 g/mol. The number of esters is 1. The Kier molecular flexibility index (Phi) is 17.8. The number of hydrogen-bond acceptors (Lipinski definition) is 8. The molecule has 0 saturated heterocycles. The molecule has 3 amide bonds. The quantitative estimate of drug-likeness (QED) is 0.0993. The highest BCUT2D eigenvalue weighted by Crippen LogP contribution is 2.29. The van der Waals surface area contributed by atoms with Crippen LogP contribution >= 0.6 is 11.8 Å². The van der Waals surface area contributed by atoms with Gasteiger partial charge in [-0.3, -0.25) is 9.59 Å². The van der Waals surface area contributed by atoms with E-state index in [9.17, 15) is 24.3 Å². The van der Waals surface area contributed by atoms with Gasteiger partial charge in [0.2, 0.25) is 11.8 Å². The number of hydrogen-bond donors (Lipinski definition) is 3. The average Bonchev–Trinajstić information content (AvgIpc) is 3.03. The number of alkyl carbamates (subject to hydrolysis) is 1. The van der Waals surface area contributed by atoms with E-state index in [0.29, 0.717) is 29.7 Å². The number of rotatable bonds is 19. The number of phenolic OH excluding ortho intramolecular Hbond substituents is 1. The zero-order valence-corrected chi connectivity index (χ0v) is 33.0. The number of carbonyl (C=O) groups is 4. The fourth-order valence-corrected chi connectivity index (χ4v) is 6.03. The van der Waals surface area contributed by atoms with Crippen molar-refractivity contribution in [3.05, 3.63) is 65.2 Å². The number of ether oxygens (including phenoxy) is 2. The Bertz CT molecular complexity index is 1400. The molecule has 284 valence electrons. The van der Waals surface area contributed by atoms with Crippen molar-refractivity contribution >= 4 is 35.6 Å². The lowest BCUT2D eigenvalue weighted by atomic mass is 9.98. The second-order valence-corrected chi connectivity index (χ2v) is 16.0. The molecule has 51 heavy (non-hydrogen) atoms. The van der Waals surface area contributed by atoms with Crippen LogP contribution in [0.2, 0.25) is 0 Å². The minimum Gasteiger partial charge on any atom is -0.508 e. The van der Waals surface area contributed by atoms with Gasteiger partial charge in [-0.15, -0.1) is 0 Å². The van der Waals surface area contributed by atoms with Crippen molar-refractivity contribution in [1.82, 2.24) is 15.5 Å². The van der Waals surface area contributed by atoms with Gasteiger partial charge in [-0.2, -0.15) is 11.8 Å². The zero-order chi connectivity index (χ0) is 38.2. The number of unbranched alkanes of at least 4 members (excludes halogenated alkanes) is 5. The molecule has 0 spiro atoms. The Morgan fingerprint density at radius 2 is 1.47 bits per heavy atom. The fourth-order valence-electron chi connectivity index (χ4n) is 5.56. The van der Waals surface area contributed by atoms with Crippen LogP contribution in [0.15, 0.2) is 48.5 Å². The Morgan fingerprint density at radius 1 is 0.843 bits per heavy atom. The smallest absolute Gasteiger partial charge is 0.408 e. The molecule has 0 radical (unpaired) electrons. The molecule has 3 unspecified atom stereocenters. The van der Waals surface area contributed by atoms with E-state index in [0.717, 1.165) is 37.7 Å². The predicted octanol–water partition coefficient (Wildman–Crippen LogP) is 7.65. The van der Waals surface area contributed by atoms with Crippen molar-refractivity contribution < 1.29 is 33.8 Å². The predicted molar refractivity (Wildman–Crippen MR) is 205 cm³/mol. The number of nitrogens with one attached hydrogen (secondary N) is 2. The first-order chi connectivity index (χ1) is 24.0. The SMILES string of the molecule is CCCCCCCCN(C(=O)C(CCSC)NC(=O)OC(C)(C)C)C(C(=O)NC(Cc1ccccc1)C(=O)OC(C)(C)C)c1ccc(O)c(C)c1. The summed E-state index contributed by atoms with van der Waals surface area (Å²) in [5.74, 6) is -0.993. The molecule has 0 fully saturated rings. The number of amides is 3. The van der Waals surface area contributed by atoms with Crippen molar-refractivity contribution in [2.45, 2.75) is 136 Å². The highest BCUT2D eigenvalue weighted by molar-refractivity contribution is 7.98. The van der Waals surface area contributed by atoms with Crippen LogP contribution < -0.4 is 10.6 Å². The molecule has 0 aliphatic rings. The largest absolute Gasteiger partial charge is 0.508 e. The van der Waals surface area contributed by atoms with Gasteiger partial charge >= 0.3 is 12.1 Å². The van der Waals surface area contributed by atoms with E-state index in [4.69, 9.17) is 9.47 Å². The molecule has 0 aliphatic carbocycles. The third kappa shape index (κ3) is 16.0. The summed E-state index contributed by atoms with van der Waals surface area (Å²) < 4.78 is 11.3. The third-order valence-electron chi connectivity index (χ3n) is 8.02. The van der Waals surface area contributed by atoms with Crippen LogP contribution in [0, 0.1) is 6.92 Å². The number of aryl methyl sites for hydroxylation is 1. The highest BCUT2D eigenvalue weighted by Gasteiger charge is 2.38. The average molecular weight is 728 g/mol. The maximum Gasteiger partial charge on any atom is 0.408 e. The van der Waals surface area contributed by atoms with Gasteiger partial charge in [0.25, 0.3) is 0 Å². The molecule has 2 aromatic rings. The maximum absolute atomic E-state index is 14.7. The van der Waals surface area contributed by atoms with E-state index in [1.165, 1.54) is 22.7 Å². The van der Waals surface area contributed by atoms with Crippen LogP contribution in [-0.2, 0) is 30.3 Å². The molecule has 0 saturated carbocycles. The van der Waals surface area contributed by atoms with Crippen LogP contribution in [0.4, 0.5) is 4.79 Å². The van der Waals surface area contributed by atoms with Crippen LogP contribution in [0.3, 0.4) is 0 Å². The van der Waals surface area contributed by atoms with E-state index in [-0.39, 0.29) is 18.7 Å². The van der Waals surface area contributed by atoms with Gasteiger partial charge in [0.1, 0.15) is 35.1 Å². The first-order valence-corrected chi connectivity index (χ1v) is 19.5. The van der Waals surface area contributed by atoms with Crippen LogP contribution in [0.1, 0.15) is 116 Å². The van der Waals surface area contributed by atoms with Gasteiger partial charge in [-0.1, -0.05) is 75.4 Å². The van der Waals surface area contributed by atoms with E-state index < -0.39 is 53.2 Å². The van der Waals surface area contributed by atoms with Crippen LogP contribution in [0.25, 0.3) is 0 Å². The summed E-state index contributed by atoms with van der Waals surface area (Å²) in [5.41, 5.74) is 0.227. The lowest BCUT2D eigenvalue weighted by molar-refractivity contribution is -0.159. The van der Waals surface area contributed by atoms with Gasteiger partial charge in [-0.05, 0) is 102 Å². The number of phenols is 1. The minimum absolute atomic E-state index is 0.0480. The number of nitrogens with zero attached hydrogens (tertiary/aromatic N) is 1. The monoisotopic (exact) mass is 727 g/mol. The molecule has 3 N–H and O–H groups in total. The Balaban J connectivity index is 2.65. The summed E-state index contributed by atoms with van der Waals surface area (Å²) >= 11 is 1.54. The molecule has 2 aromatic carbocycles. The molecule has 10 nitrogen and oxygen atoms in total. The lowest BCUT2D eigenvalue weighted by Crippen LogP contribution is -2.55. The van der Waals surface area contributed by atoms with Crippen LogP contribution in [0.5, 0.6) is 5.75 Å². The maximum atomic E-state index is 14.7. The standard InChI is InChI=1S/C40H61N3O7S/c1-10-11-12-13-14-18-24-43(36(46)31(23-25-51-9)42-38(48)50-40(6,7)8)34(30-21-22-33(44)28(2)26-30)35(45)41-32(37(47)49-39(3,4)5)27-29-19-16-15-17-20-29/h15-17,19-22,26,31-32,34,44H,10-14,18,23-25,27H2,1-9H3,(H,41,45)(H,42,48). The van der Waals surface area contributed by atoms with Gasteiger partial charge in [-0.25, -0.2) is 9.59 Å². The van der Waals surface area contributed by atoms with Crippen molar-refractivity contribution in [2.24, 2.45) is 0 Å². The lowest BCUT2D eigenvalue weighted by Gasteiger charge is -2.35. The number of aromatic hydroxyl groups is 1. The van der Waals surface area contributed by atoms with Gasteiger partial charge < -0.3 is 30.1 Å². The molecule has 11 heteroatoms. The van der Waals surface area contributed by atoms with Gasteiger partial charge in [0.15, 0.2) is 0 Å². The van der Waals surface area contributed by atoms with Crippen molar-refractivity contribution in [3.8, 4) is 5.75 Å².